The van der Waals surface area contributed by atoms with Gasteiger partial charge < -0.3 is 14.8 Å². The standard InChI is InChI=1S/C28H26FN5O3/c1-36-22-13-8-12-21(16-22)34-26-23(33(28(34)35)18-20-11-6-7-14-24(20)37-2)17-30-27(32-26)31-25(29)15-19-9-4-3-5-10-19/h3-14,16-17,25H,15,18H2,1-2H3,(H,30,31,32). The highest BCUT2D eigenvalue weighted by Gasteiger charge is 2.20. The Kier molecular flexibility index (Phi) is 6.85. The Labute approximate surface area is 213 Å². The third kappa shape index (κ3) is 5.02. The maximum atomic E-state index is 14.9. The lowest BCUT2D eigenvalue weighted by atomic mass is 10.1. The molecule has 0 radical (unpaired) electrons. The molecular weight excluding hydrogens is 473 g/mol. The Balaban J connectivity index is 1.59. The Morgan fingerprint density at radius 2 is 1.76 bits per heavy atom. The lowest BCUT2D eigenvalue weighted by Gasteiger charge is -2.11. The van der Waals surface area contributed by atoms with Crippen LogP contribution in [0, 0.1) is 0 Å². The molecule has 37 heavy (non-hydrogen) atoms. The van der Waals surface area contributed by atoms with Crippen LogP contribution in [0.25, 0.3) is 16.9 Å². The van der Waals surface area contributed by atoms with Crippen molar-refractivity contribution in [2.24, 2.45) is 0 Å². The minimum absolute atomic E-state index is 0.0852. The summed E-state index contributed by atoms with van der Waals surface area (Å²) in [5.41, 5.74) is 2.77. The SMILES string of the molecule is COc1cccc(-n2c(=O)n(Cc3ccccc3OC)c3cnc(NC(F)Cc4ccccc4)nc32)c1. The Morgan fingerprint density at radius 1 is 0.973 bits per heavy atom. The second kappa shape index (κ2) is 10.5. The molecule has 3 aromatic carbocycles. The number of imidazole rings is 1. The second-order valence-electron chi connectivity index (χ2n) is 8.42. The highest BCUT2D eigenvalue weighted by molar-refractivity contribution is 5.74. The van der Waals surface area contributed by atoms with E-state index in [1.165, 1.54) is 10.8 Å². The molecule has 0 fully saturated rings. The maximum absolute atomic E-state index is 14.9. The minimum Gasteiger partial charge on any atom is -0.497 e. The molecule has 0 amide bonds. The number of fused-ring (bicyclic) bond motifs is 1. The number of nitrogens with zero attached hydrogens (tertiary/aromatic N) is 4. The number of hydrogen-bond donors (Lipinski definition) is 1. The number of rotatable bonds is 9. The van der Waals surface area contributed by atoms with Gasteiger partial charge in [0.25, 0.3) is 0 Å². The molecule has 0 saturated heterocycles. The van der Waals surface area contributed by atoms with Gasteiger partial charge in [0.05, 0.1) is 32.6 Å². The Morgan fingerprint density at radius 3 is 2.54 bits per heavy atom. The highest BCUT2D eigenvalue weighted by Crippen LogP contribution is 2.24. The van der Waals surface area contributed by atoms with Gasteiger partial charge in [-0.05, 0) is 23.8 Å². The summed E-state index contributed by atoms with van der Waals surface area (Å²) in [6.07, 6.45) is 0.278. The number of ether oxygens (including phenoxy) is 2. The van der Waals surface area contributed by atoms with Crippen LogP contribution in [0.2, 0.25) is 0 Å². The molecule has 1 unspecified atom stereocenters. The first-order chi connectivity index (χ1) is 18.1. The van der Waals surface area contributed by atoms with Gasteiger partial charge in [-0.3, -0.25) is 4.57 Å². The summed E-state index contributed by atoms with van der Waals surface area (Å²) < 4.78 is 28.8. The molecule has 0 aliphatic heterocycles. The van der Waals surface area contributed by atoms with Crippen molar-refractivity contribution in [2.45, 2.75) is 19.3 Å². The van der Waals surface area contributed by atoms with Crippen LogP contribution in [0.1, 0.15) is 11.1 Å². The molecule has 0 aliphatic rings. The van der Waals surface area contributed by atoms with E-state index in [1.807, 2.05) is 54.6 Å². The van der Waals surface area contributed by atoms with Crippen molar-refractivity contribution in [2.75, 3.05) is 19.5 Å². The zero-order valence-electron chi connectivity index (χ0n) is 20.5. The van der Waals surface area contributed by atoms with Gasteiger partial charge in [-0.2, -0.15) is 4.98 Å². The largest absolute Gasteiger partial charge is 0.497 e. The van der Waals surface area contributed by atoms with Crippen molar-refractivity contribution >= 4 is 17.1 Å². The lowest BCUT2D eigenvalue weighted by Crippen LogP contribution is -2.24. The van der Waals surface area contributed by atoms with E-state index in [0.29, 0.717) is 28.4 Å². The van der Waals surface area contributed by atoms with Crippen LogP contribution in [-0.4, -0.2) is 39.6 Å². The number of nitrogens with one attached hydrogen (secondary N) is 1. The van der Waals surface area contributed by atoms with Gasteiger partial charge >= 0.3 is 5.69 Å². The van der Waals surface area contributed by atoms with E-state index in [1.54, 1.807) is 43.1 Å². The predicted molar refractivity (Wildman–Crippen MR) is 140 cm³/mol. The molecule has 1 atom stereocenters. The maximum Gasteiger partial charge on any atom is 0.335 e. The van der Waals surface area contributed by atoms with E-state index in [2.05, 4.69) is 15.3 Å². The number of anilines is 1. The van der Waals surface area contributed by atoms with E-state index in [9.17, 15) is 9.18 Å². The molecule has 1 N–H and O–H groups in total. The van der Waals surface area contributed by atoms with E-state index >= 15 is 0 Å². The molecule has 9 heteroatoms. The normalized spacial score (nSPS) is 11.9. The molecule has 8 nitrogen and oxygen atoms in total. The molecule has 0 aliphatic carbocycles. The molecule has 188 valence electrons. The zero-order chi connectivity index (χ0) is 25.8. The smallest absolute Gasteiger partial charge is 0.335 e. The third-order valence-electron chi connectivity index (χ3n) is 6.05. The zero-order valence-corrected chi connectivity index (χ0v) is 20.5. The van der Waals surface area contributed by atoms with Crippen LogP contribution in [-0.2, 0) is 13.0 Å². The van der Waals surface area contributed by atoms with Crippen LogP contribution in [0.5, 0.6) is 11.5 Å². The average Bonchev–Trinajstić information content (AvgIpc) is 3.19. The monoisotopic (exact) mass is 499 g/mol. The molecule has 0 spiro atoms. The van der Waals surface area contributed by atoms with Crippen molar-refractivity contribution in [3.8, 4) is 17.2 Å². The van der Waals surface area contributed by atoms with Gasteiger partial charge in [0.15, 0.2) is 11.9 Å². The van der Waals surface area contributed by atoms with Gasteiger partial charge in [0.1, 0.15) is 17.0 Å². The summed E-state index contributed by atoms with van der Waals surface area (Å²) in [6, 6.07) is 23.9. The van der Waals surface area contributed by atoms with Crippen LogP contribution in [0.4, 0.5) is 10.3 Å². The fourth-order valence-corrected chi connectivity index (χ4v) is 4.26. The topological polar surface area (TPSA) is 83.2 Å². The van der Waals surface area contributed by atoms with Gasteiger partial charge in [0, 0.05) is 18.1 Å². The van der Waals surface area contributed by atoms with Gasteiger partial charge in [-0.15, -0.1) is 0 Å². The number of hydrogen-bond acceptors (Lipinski definition) is 6. The van der Waals surface area contributed by atoms with Crippen LogP contribution < -0.4 is 20.5 Å². The lowest BCUT2D eigenvalue weighted by molar-refractivity contribution is 0.369. The van der Waals surface area contributed by atoms with Crippen molar-refractivity contribution < 1.29 is 13.9 Å². The van der Waals surface area contributed by atoms with E-state index < -0.39 is 6.30 Å². The molecular formula is C28H26FN5O3. The van der Waals surface area contributed by atoms with Gasteiger partial charge in [0.2, 0.25) is 5.95 Å². The van der Waals surface area contributed by atoms with Crippen molar-refractivity contribution in [1.82, 2.24) is 19.1 Å². The molecule has 0 saturated carbocycles. The summed E-state index contributed by atoms with van der Waals surface area (Å²) in [4.78, 5) is 22.6. The summed E-state index contributed by atoms with van der Waals surface area (Å²) in [7, 11) is 3.15. The molecule has 2 heterocycles. The summed E-state index contributed by atoms with van der Waals surface area (Å²) in [5.74, 6) is 1.34. The number of aromatic nitrogens is 4. The van der Waals surface area contributed by atoms with Crippen LogP contribution >= 0.6 is 0 Å². The summed E-state index contributed by atoms with van der Waals surface area (Å²) in [6.45, 7) is 0.242. The second-order valence-corrected chi connectivity index (χ2v) is 8.42. The molecule has 5 aromatic rings. The van der Waals surface area contributed by atoms with Gasteiger partial charge in [-0.1, -0.05) is 54.6 Å². The fourth-order valence-electron chi connectivity index (χ4n) is 4.26. The van der Waals surface area contributed by atoms with Crippen LogP contribution in [0.3, 0.4) is 0 Å². The molecule has 5 rings (SSSR count). The Hall–Kier alpha value is -4.66. The quantitative estimate of drug-likeness (QED) is 0.299. The summed E-state index contributed by atoms with van der Waals surface area (Å²) in [5, 5.41) is 2.72. The van der Waals surface area contributed by atoms with E-state index in [-0.39, 0.29) is 24.6 Å². The third-order valence-corrected chi connectivity index (χ3v) is 6.05. The summed E-state index contributed by atoms with van der Waals surface area (Å²) >= 11 is 0. The minimum atomic E-state index is -1.41. The predicted octanol–water partition coefficient (Wildman–Crippen LogP) is 4.60. The highest BCUT2D eigenvalue weighted by atomic mass is 19.1. The number of halogens is 1. The Bertz CT molecular complexity index is 1580. The number of alkyl halides is 1. The first-order valence-corrected chi connectivity index (χ1v) is 11.8. The first-order valence-electron chi connectivity index (χ1n) is 11.8. The first kappa shape index (κ1) is 24.1. The van der Waals surface area contributed by atoms with E-state index in [4.69, 9.17) is 9.47 Å². The van der Waals surface area contributed by atoms with E-state index in [0.717, 1.165) is 11.1 Å². The number of methoxy groups -OCH3 is 2. The van der Waals surface area contributed by atoms with Crippen molar-refractivity contribution in [3.63, 3.8) is 0 Å². The van der Waals surface area contributed by atoms with Crippen molar-refractivity contribution in [3.05, 3.63) is 107 Å². The molecule has 0 bridgehead atoms. The number of para-hydroxylation sites is 1. The fraction of sp³-hybridized carbons (Fsp3) is 0.179. The van der Waals surface area contributed by atoms with Crippen LogP contribution in [0.15, 0.2) is 89.9 Å². The van der Waals surface area contributed by atoms with Gasteiger partial charge in [-0.25, -0.2) is 18.7 Å². The average molecular weight is 500 g/mol. The molecule has 2 aromatic heterocycles. The van der Waals surface area contributed by atoms with Crippen molar-refractivity contribution in [1.29, 1.82) is 0 Å². The number of benzene rings is 3.